The first-order chi connectivity index (χ1) is 8.46. The van der Waals surface area contributed by atoms with Crippen LogP contribution in [0.2, 0.25) is 0 Å². The first-order valence-electron chi connectivity index (χ1n) is 7.63. The topological polar surface area (TPSA) is 60.7 Å². The van der Waals surface area contributed by atoms with Crippen molar-refractivity contribution in [3.8, 4) is 0 Å². The minimum absolute atomic E-state index is 0. The molecule has 3 rings (SSSR count). The van der Waals surface area contributed by atoms with E-state index in [1.807, 2.05) is 0 Å². The van der Waals surface area contributed by atoms with Crippen LogP contribution in [0.5, 0.6) is 0 Å². The molecule has 3 nitrogen and oxygen atoms in total. The number of rotatable bonds is 4. The van der Waals surface area contributed by atoms with Gasteiger partial charge in [-0.25, -0.2) is 0 Å². The zero-order valence-corrected chi connectivity index (χ0v) is 23.6. The van der Waals surface area contributed by atoms with E-state index in [2.05, 4.69) is 0 Å². The van der Waals surface area contributed by atoms with Gasteiger partial charge in [0.05, 0.1) is 16.8 Å². The van der Waals surface area contributed by atoms with Crippen molar-refractivity contribution in [2.45, 2.75) is 87.4 Å². The Morgan fingerprint density at radius 2 is 1.05 bits per heavy atom. The van der Waals surface area contributed by atoms with Crippen LogP contribution in [0.15, 0.2) is 0 Å². The summed E-state index contributed by atoms with van der Waals surface area (Å²) in [6, 6.07) is 0. The fraction of sp³-hybridized carbons (Fsp3) is 1.00. The molecule has 3 aliphatic rings. The molecular formula is C15H29K3O3. The van der Waals surface area contributed by atoms with E-state index >= 15 is 0 Å². The first kappa shape index (κ1) is 25.8. The molecule has 1 unspecified atom stereocenters. The van der Waals surface area contributed by atoms with Crippen molar-refractivity contribution in [3.05, 3.63) is 0 Å². The van der Waals surface area contributed by atoms with Crippen molar-refractivity contribution in [3.63, 3.8) is 0 Å². The standard InChI is InChI=1S/C15H26O3.3K.3H/c16-13(5-3-6-13)11-12(15(18)9-4-10-15)14(17)7-1-2-8-14;;;;;;/h12,16-18H,1-11H2;;;;;;/q;3*+1;3*-1. The summed E-state index contributed by atoms with van der Waals surface area (Å²) in [6.45, 7) is 0. The maximum absolute atomic E-state index is 10.9. The molecule has 0 spiro atoms. The Balaban J connectivity index is -0.000000333. The second-order valence-corrected chi connectivity index (χ2v) is 7.10. The van der Waals surface area contributed by atoms with E-state index < -0.39 is 16.8 Å². The van der Waals surface area contributed by atoms with Gasteiger partial charge in [0.1, 0.15) is 0 Å². The van der Waals surface area contributed by atoms with Gasteiger partial charge in [-0.05, 0) is 57.8 Å². The monoisotopic (exact) mass is 374 g/mol. The van der Waals surface area contributed by atoms with E-state index in [9.17, 15) is 15.3 Å². The SMILES string of the molecule is OC1(CC(C2(O)CCCC2)C2(O)CCC2)CCC1.[H-].[H-].[H-].[K+].[K+].[K+]. The molecule has 3 fully saturated rings. The Morgan fingerprint density at radius 3 is 1.33 bits per heavy atom. The van der Waals surface area contributed by atoms with Crippen molar-refractivity contribution in [1.29, 1.82) is 0 Å². The van der Waals surface area contributed by atoms with Gasteiger partial charge < -0.3 is 19.6 Å². The Hall–Kier alpha value is 4.79. The van der Waals surface area contributed by atoms with Gasteiger partial charge in [-0.1, -0.05) is 12.8 Å². The second kappa shape index (κ2) is 10.4. The molecule has 0 bridgehead atoms. The maximum Gasteiger partial charge on any atom is 1.00 e. The van der Waals surface area contributed by atoms with Crippen molar-refractivity contribution < 1.29 is 174 Å². The summed E-state index contributed by atoms with van der Waals surface area (Å²) in [5.74, 6) is -0.119. The summed E-state index contributed by atoms with van der Waals surface area (Å²) in [5.41, 5.74) is -2.03. The minimum Gasteiger partial charge on any atom is -1.00 e. The summed E-state index contributed by atoms with van der Waals surface area (Å²) >= 11 is 0. The van der Waals surface area contributed by atoms with Crippen LogP contribution in [0.3, 0.4) is 0 Å². The second-order valence-electron chi connectivity index (χ2n) is 7.10. The average Bonchev–Trinajstić information content (AvgIpc) is 2.68. The fourth-order valence-electron chi connectivity index (χ4n) is 4.27. The third-order valence-electron chi connectivity index (χ3n) is 5.85. The summed E-state index contributed by atoms with van der Waals surface area (Å²) < 4.78 is 0. The van der Waals surface area contributed by atoms with Gasteiger partial charge in [0, 0.05) is 5.92 Å². The normalized spacial score (nSPS) is 28.7. The van der Waals surface area contributed by atoms with E-state index in [-0.39, 0.29) is 164 Å². The molecule has 0 heterocycles. The summed E-state index contributed by atoms with van der Waals surface area (Å²) in [6.07, 6.45) is 9.74. The van der Waals surface area contributed by atoms with Crippen LogP contribution >= 0.6 is 0 Å². The number of aliphatic hydroxyl groups is 3. The molecule has 0 aliphatic heterocycles. The molecule has 3 aliphatic carbocycles. The molecule has 0 radical (unpaired) electrons. The Morgan fingerprint density at radius 1 is 0.667 bits per heavy atom. The first-order valence-corrected chi connectivity index (χ1v) is 7.63. The van der Waals surface area contributed by atoms with Crippen molar-refractivity contribution in [1.82, 2.24) is 0 Å². The number of hydrogen-bond acceptors (Lipinski definition) is 3. The molecular weight excluding hydrogens is 345 g/mol. The largest absolute Gasteiger partial charge is 1.00 e. The van der Waals surface area contributed by atoms with E-state index in [4.69, 9.17) is 0 Å². The molecule has 1 atom stereocenters. The maximum atomic E-state index is 10.9. The molecule has 0 aromatic carbocycles. The smallest absolute Gasteiger partial charge is 1.00 e. The Labute approximate surface area is 260 Å². The molecule has 0 aromatic rings. The fourth-order valence-corrected chi connectivity index (χ4v) is 4.27. The summed E-state index contributed by atoms with van der Waals surface area (Å²) in [4.78, 5) is 0. The van der Waals surface area contributed by atoms with Gasteiger partial charge in [-0.3, -0.25) is 0 Å². The van der Waals surface area contributed by atoms with Crippen molar-refractivity contribution in [2.24, 2.45) is 5.92 Å². The summed E-state index contributed by atoms with van der Waals surface area (Å²) in [7, 11) is 0. The van der Waals surface area contributed by atoms with Crippen LogP contribution < -0.4 is 154 Å². The zero-order chi connectivity index (χ0) is 12.9. The predicted molar refractivity (Wildman–Crippen MR) is 72.5 cm³/mol. The molecule has 0 aromatic heterocycles. The molecule has 110 valence electrons. The van der Waals surface area contributed by atoms with Gasteiger partial charge in [0.25, 0.3) is 0 Å². The van der Waals surface area contributed by atoms with Crippen LogP contribution in [-0.4, -0.2) is 32.1 Å². The number of hydrogen-bond donors (Lipinski definition) is 3. The van der Waals surface area contributed by atoms with Gasteiger partial charge >= 0.3 is 154 Å². The van der Waals surface area contributed by atoms with Crippen LogP contribution in [0.4, 0.5) is 0 Å². The minimum atomic E-state index is -0.722. The van der Waals surface area contributed by atoms with Crippen molar-refractivity contribution >= 4 is 0 Å². The van der Waals surface area contributed by atoms with Gasteiger partial charge in [-0.2, -0.15) is 0 Å². The van der Waals surface area contributed by atoms with Gasteiger partial charge in [0.15, 0.2) is 0 Å². The molecule has 21 heavy (non-hydrogen) atoms. The zero-order valence-electron chi connectivity index (χ0n) is 17.2. The van der Waals surface area contributed by atoms with Gasteiger partial charge in [0.2, 0.25) is 0 Å². The Kier molecular flexibility index (Phi) is 12.7. The molecule has 0 saturated heterocycles. The van der Waals surface area contributed by atoms with E-state index in [0.29, 0.717) is 6.42 Å². The molecule has 0 amide bonds. The van der Waals surface area contributed by atoms with Crippen LogP contribution in [0.25, 0.3) is 0 Å². The molecule has 3 saturated carbocycles. The molecule has 6 heteroatoms. The molecule has 3 N–H and O–H groups in total. The van der Waals surface area contributed by atoms with Crippen LogP contribution in [0.1, 0.15) is 74.9 Å². The Bertz CT molecular complexity index is 337. The van der Waals surface area contributed by atoms with Crippen LogP contribution in [0, 0.1) is 5.92 Å². The van der Waals surface area contributed by atoms with E-state index in [1.165, 1.54) is 0 Å². The third kappa shape index (κ3) is 5.88. The predicted octanol–water partition coefficient (Wildman–Crippen LogP) is -6.52. The van der Waals surface area contributed by atoms with Crippen LogP contribution in [-0.2, 0) is 0 Å². The van der Waals surface area contributed by atoms with Gasteiger partial charge in [-0.15, -0.1) is 0 Å². The third-order valence-corrected chi connectivity index (χ3v) is 5.85. The van der Waals surface area contributed by atoms with E-state index in [1.54, 1.807) is 0 Å². The van der Waals surface area contributed by atoms with E-state index in [0.717, 1.165) is 64.2 Å². The van der Waals surface area contributed by atoms with Crippen molar-refractivity contribution in [2.75, 3.05) is 0 Å². The average molecular weight is 375 g/mol. The summed E-state index contributed by atoms with van der Waals surface area (Å²) in [5, 5.41) is 32.0. The quantitative estimate of drug-likeness (QED) is 0.429.